The number of aromatic nitrogens is 3. The molecule has 0 aliphatic rings. The maximum Gasteiger partial charge on any atom is 0.327 e. The van der Waals surface area contributed by atoms with Crippen molar-refractivity contribution in [3.63, 3.8) is 0 Å². The molecule has 2 aromatic rings. The van der Waals surface area contributed by atoms with E-state index in [9.17, 15) is 4.79 Å². The number of ether oxygens (including phenoxy) is 1. The maximum absolute atomic E-state index is 11.2. The molecule has 0 unspecified atom stereocenters. The lowest BCUT2D eigenvalue weighted by atomic mass is 10.2. The predicted molar refractivity (Wildman–Crippen MR) is 70.2 cm³/mol. The summed E-state index contributed by atoms with van der Waals surface area (Å²) in [6.45, 7) is 0.0780. The summed E-state index contributed by atoms with van der Waals surface area (Å²) in [7, 11) is 1.35. The van der Waals surface area contributed by atoms with Gasteiger partial charge < -0.3 is 4.74 Å². The molecule has 0 bridgehead atoms. The number of carbonyl (C=O) groups excluding carboxylic acids is 1. The van der Waals surface area contributed by atoms with E-state index in [0.717, 1.165) is 15.0 Å². The fourth-order valence-electron chi connectivity index (χ4n) is 1.36. The monoisotopic (exact) mass is 343 g/mol. The molecule has 1 aromatic heterocycles. The molecule has 6 heteroatoms. The molecule has 0 saturated heterocycles. The van der Waals surface area contributed by atoms with Crippen LogP contribution in [-0.2, 0) is 16.1 Å². The van der Waals surface area contributed by atoms with Gasteiger partial charge in [-0.2, -0.15) is 0 Å². The summed E-state index contributed by atoms with van der Waals surface area (Å²) in [5, 5.41) is 8.01. The predicted octanol–water partition coefficient (Wildman–Crippen LogP) is 1.72. The van der Waals surface area contributed by atoms with Gasteiger partial charge in [0.15, 0.2) is 0 Å². The number of esters is 1. The quantitative estimate of drug-likeness (QED) is 0.629. The van der Waals surface area contributed by atoms with Crippen LogP contribution in [0.25, 0.3) is 11.3 Å². The Morgan fingerprint density at radius 3 is 2.76 bits per heavy atom. The van der Waals surface area contributed by atoms with Gasteiger partial charge in [0, 0.05) is 5.56 Å². The van der Waals surface area contributed by atoms with E-state index in [1.54, 1.807) is 0 Å². The molecule has 0 amide bonds. The summed E-state index contributed by atoms with van der Waals surface area (Å²) in [6, 6.07) is 9.72. The van der Waals surface area contributed by atoms with E-state index < -0.39 is 0 Å². The normalized spacial score (nSPS) is 10.2. The largest absolute Gasteiger partial charge is 0.468 e. The standard InChI is InChI=1S/C11H10IN3O2/c1-17-9(16)7-15-11(12)10(13-14-15)8-5-3-2-4-6-8/h2-6H,7H2,1H3. The van der Waals surface area contributed by atoms with Crippen molar-refractivity contribution in [2.75, 3.05) is 7.11 Å². The van der Waals surface area contributed by atoms with E-state index in [1.165, 1.54) is 11.8 Å². The molecule has 0 aliphatic carbocycles. The fraction of sp³-hybridized carbons (Fsp3) is 0.182. The van der Waals surface area contributed by atoms with Gasteiger partial charge >= 0.3 is 5.97 Å². The number of rotatable bonds is 3. The molecule has 0 radical (unpaired) electrons. The van der Waals surface area contributed by atoms with E-state index in [0.29, 0.717) is 0 Å². The molecule has 88 valence electrons. The van der Waals surface area contributed by atoms with E-state index in [4.69, 9.17) is 0 Å². The van der Waals surface area contributed by atoms with Crippen LogP contribution in [0, 0.1) is 3.70 Å². The average Bonchev–Trinajstić information content (AvgIpc) is 2.72. The Morgan fingerprint density at radius 2 is 2.12 bits per heavy atom. The molecule has 0 atom stereocenters. The molecule has 1 aromatic carbocycles. The third-order valence-electron chi connectivity index (χ3n) is 2.23. The van der Waals surface area contributed by atoms with Gasteiger partial charge in [-0.05, 0) is 22.6 Å². The lowest BCUT2D eigenvalue weighted by Crippen LogP contribution is -2.14. The summed E-state index contributed by atoms with van der Waals surface area (Å²) in [5.41, 5.74) is 1.75. The van der Waals surface area contributed by atoms with E-state index in [-0.39, 0.29) is 12.5 Å². The van der Waals surface area contributed by atoms with Crippen molar-refractivity contribution < 1.29 is 9.53 Å². The highest BCUT2D eigenvalue weighted by atomic mass is 127. The lowest BCUT2D eigenvalue weighted by Gasteiger charge is -2.00. The molecular formula is C11H10IN3O2. The van der Waals surface area contributed by atoms with Gasteiger partial charge in [0.1, 0.15) is 15.9 Å². The molecule has 5 nitrogen and oxygen atoms in total. The Kier molecular flexibility index (Phi) is 3.72. The Morgan fingerprint density at radius 1 is 1.41 bits per heavy atom. The first-order valence-corrected chi connectivity index (χ1v) is 6.01. The summed E-state index contributed by atoms with van der Waals surface area (Å²) >= 11 is 2.12. The highest BCUT2D eigenvalue weighted by Gasteiger charge is 2.14. The van der Waals surface area contributed by atoms with Gasteiger partial charge in [0.25, 0.3) is 0 Å². The molecule has 2 rings (SSSR count). The van der Waals surface area contributed by atoms with Crippen LogP contribution in [0.3, 0.4) is 0 Å². The van der Waals surface area contributed by atoms with Crippen molar-refractivity contribution in [3.05, 3.63) is 34.0 Å². The number of carbonyl (C=O) groups is 1. The lowest BCUT2D eigenvalue weighted by molar-refractivity contribution is -0.141. The Labute approximate surface area is 112 Å². The summed E-state index contributed by atoms with van der Waals surface area (Å²) in [5.74, 6) is -0.340. The van der Waals surface area contributed by atoms with E-state index >= 15 is 0 Å². The second-order valence-corrected chi connectivity index (χ2v) is 4.35. The minimum Gasteiger partial charge on any atom is -0.468 e. The number of benzene rings is 1. The van der Waals surface area contributed by atoms with Crippen LogP contribution >= 0.6 is 22.6 Å². The van der Waals surface area contributed by atoms with Gasteiger partial charge in [0.05, 0.1) is 7.11 Å². The SMILES string of the molecule is COC(=O)Cn1nnc(-c2ccccc2)c1I. The van der Waals surface area contributed by atoms with E-state index in [1.807, 2.05) is 30.3 Å². The number of halogens is 1. The van der Waals surface area contributed by atoms with Gasteiger partial charge in [0.2, 0.25) is 0 Å². The second kappa shape index (κ2) is 5.26. The fourth-order valence-corrected chi connectivity index (χ4v) is 2.05. The average molecular weight is 343 g/mol. The smallest absolute Gasteiger partial charge is 0.327 e. The van der Waals surface area contributed by atoms with Crippen LogP contribution in [0.2, 0.25) is 0 Å². The molecule has 0 spiro atoms. The minimum atomic E-state index is -0.340. The first-order chi connectivity index (χ1) is 8.22. The Hall–Kier alpha value is -1.44. The third kappa shape index (κ3) is 2.63. The van der Waals surface area contributed by atoms with Crippen LogP contribution in [0.15, 0.2) is 30.3 Å². The number of hydrogen-bond donors (Lipinski definition) is 0. The molecule has 0 aliphatic heterocycles. The first kappa shape index (κ1) is 12.0. The minimum absolute atomic E-state index is 0.0780. The van der Waals surface area contributed by atoms with Crippen molar-refractivity contribution >= 4 is 28.6 Å². The Balaban J connectivity index is 2.30. The van der Waals surface area contributed by atoms with Crippen LogP contribution in [0.1, 0.15) is 0 Å². The zero-order chi connectivity index (χ0) is 12.3. The molecule has 17 heavy (non-hydrogen) atoms. The molecular weight excluding hydrogens is 333 g/mol. The highest BCUT2D eigenvalue weighted by Crippen LogP contribution is 2.21. The maximum atomic E-state index is 11.2. The highest BCUT2D eigenvalue weighted by molar-refractivity contribution is 14.1. The first-order valence-electron chi connectivity index (χ1n) is 4.93. The van der Waals surface area contributed by atoms with E-state index in [2.05, 4.69) is 37.6 Å². The number of hydrogen-bond acceptors (Lipinski definition) is 4. The van der Waals surface area contributed by atoms with Crippen molar-refractivity contribution in [3.8, 4) is 11.3 Å². The zero-order valence-corrected chi connectivity index (χ0v) is 11.3. The topological polar surface area (TPSA) is 57.0 Å². The van der Waals surface area contributed by atoms with Crippen LogP contribution < -0.4 is 0 Å². The van der Waals surface area contributed by atoms with Crippen LogP contribution in [-0.4, -0.2) is 28.1 Å². The van der Waals surface area contributed by atoms with Gasteiger partial charge in [-0.3, -0.25) is 4.79 Å². The molecule has 0 saturated carbocycles. The van der Waals surface area contributed by atoms with Crippen molar-refractivity contribution in [1.82, 2.24) is 15.0 Å². The molecule has 0 fully saturated rings. The summed E-state index contributed by atoms with van der Waals surface area (Å²) in [4.78, 5) is 11.2. The van der Waals surface area contributed by atoms with Crippen LogP contribution in [0.5, 0.6) is 0 Å². The van der Waals surface area contributed by atoms with Gasteiger partial charge in [-0.1, -0.05) is 35.5 Å². The van der Waals surface area contributed by atoms with Crippen molar-refractivity contribution in [2.24, 2.45) is 0 Å². The number of methoxy groups -OCH3 is 1. The van der Waals surface area contributed by atoms with Crippen LogP contribution in [0.4, 0.5) is 0 Å². The molecule has 0 N–H and O–H groups in total. The third-order valence-corrected chi connectivity index (χ3v) is 3.30. The summed E-state index contributed by atoms with van der Waals surface area (Å²) in [6.07, 6.45) is 0. The Bertz CT molecular complexity index is 525. The van der Waals surface area contributed by atoms with Gasteiger partial charge in [-0.25, -0.2) is 4.68 Å². The molecule has 1 heterocycles. The number of nitrogens with zero attached hydrogens (tertiary/aromatic N) is 3. The van der Waals surface area contributed by atoms with Crippen molar-refractivity contribution in [1.29, 1.82) is 0 Å². The van der Waals surface area contributed by atoms with Crippen molar-refractivity contribution in [2.45, 2.75) is 6.54 Å². The summed E-state index contributed by atoms with van der Waals surface area (Å²) < 4.78 is 6.93. The second-order valence-electron chi connectivity index (χ2n) is 3.33. The zero-order valence-electron chi connectivity index (χ0n) is 9.13. The van der Waals surface area contributed by atoms with Gasteiger partial charge in [-0.15, -0.1) is 5.10 Å².